The molecule has 3 heteroatoms. The molecule has 1 unspecified atom stereocenters. The average Bonchev–Trinajstić information content (AvgIpc) is 2.66. The number of aldehydes is 1. The van der Waals surface area contributed by atoms with Crippen LogP contribution in [0.2, 0.25) is 5.02 Å². The van der Waals surface area contributed by atoms with E-state index in [4.69, 9.17) is 11.6 Å². The number of thiol groups is 1. The lowest BCUT2D eigenvalue weighted by molar-refractivity contribution is -0.104. The van der Waals surface area contributed by atoms with Gasteiger partial charge >= 0.3 is 0 Å². The number of hydrogen-bond acceptors (Lipinski definition) is 1. The molecule has 0 spiro atoms. The smallest absolute Gasteiger partial charge is 0.155 e. The molecule has 72 valence electrons. The molecule has 1 nitrogen and oxygen atoms in total. The van der Waals surface area contributed by atoms with Crippen molar-refractivity contribution in [1.29, 1.82) is 0 Å². The van der Waals surface area contributed by atoms with Crippen LogP contribution in [-0.2, 0) is 4.79 Å². The van der Waals surface area contributed by atoms with E-state index in [0.29, 0.717) is 0 Å². The maximum absolute atomic E-state index is 10.8. The van der Waals surface area contributed by atoms with Crippen molar-refractivity contribution in [1.82, 2.24) is 0 Å². The Balaban J connectivity index is 2.41. The second kappa shape index (κ2) is 4.03. The van der Waals surface area contributed by atoms with Crippen molar-refractivity contribution in [2.75, 3.05) is 0 Å². The summed E-state index contributed by atoms with van der Waals surface area (Å²) in [4.78, 5) is 12.6. The summed E-state index contributed by atoms with van der Waals surface area (Å²) in [5.41, 5.74) is 0. The van der Waals surface area contributed by atoms with Crippen LogP contribution in [0.15, 0.2) is 51.6 Å². The second-order valence-corrected chi connectivity index (χ2v) is 5.32. The highest BCUT2D eigenvalue weighted by Crippen LogP contribution is 2.49. The monoisotopic (exact) mass is 224 g/mol. The predicted octanol–water partition coefficient (Wildman–Crippen LogP) is 3.31. The van der Waals surface area contributed by atoms with E-state index in [9.17, 15) is 4.79 Å². The highest BCUT2D eigenvalue weighted by Gasteiger charge is 2.14. The summed E-state index contributed by atoms with van der Waals surface area (Å²) in [6.45, 7) is 0. The normalized spacial score (nSPS) is 22.1. The van der Waals surface area contributed by atoms with Crippen molar-refractivity contribution in [3.05, 3.63) is 51.8 Å². The fourth-order valence-corrected chi connectivity index (χ4v) is 3.55. The van der Waals surface area contributed by atoms with E-state index >= 15 is 0 Å². The molecule has 1 aliphatic heterocycles. The van der Waals surface area contributed by atoms with Gasteiger partial charge in [-0.2, -0.15) is 10.9 Å². The fourth-order valence-electron chi connectivity index (χ4n) is 1.36. The van der Waals surface area contributed by atoms with Gasteiger partial charge in [0.15, 0.2) is 6.29 Å². The topological polar surface area (TPSA) is 17.1 Å². The first-order valence-electron chi connectivity index (χ1n) is 4.20. The van der Waals surface area contributed by atoms with Crippen LogP contribution in [0.3, 0.4) is 0 Å². The van der Waals surface area contributed by atoms with Gasteiger partial charge in [0, 0.05) is 9.80 Å². The van der Waals surface area contributed by atoms with Gasteiger partial charge in [0.2, 0.25) is 0 Å². The summed E-state index contributed by atoms with van der Waals surface area (Å²) in [6, 6.07) is 7.66. The minimum absolute atomic E-state index is 0.644. The standard InChI is InChI=1S/C11H9ClOS/c12-10-5-1-2-6-11(10)14-7-3-4-9(14)8-13/h1-8,14H. The fraction of sp³-hybridized carbons (Fsp3) is 0. The van der Waals surface area contributed by atoms with Gasteiger partial charge in [-0.25, -0.2) is 0 Å². The molecule has 0 N–H and O–H groups in total. The third-order valence-electron chi connectivity index (χ3n) is 2.01. The molecule has 1 atom stereocenters. The van der Waals surface area contributed by atoms with Crippen LogP contribution >= 0.6 is 22.5 Å². The van der Waals surface area contributed by atoms with Crippen LogP contribution in [0.25, 0.3) is 0 Å². The number of carbonyl (C=O) groups excluding carboxylic acids is 1. The van der Waals surface area contributed by atoms with Crippen molar-refractivity contribution in [3.63, 3.8) is 0 Å². The quantitative estimate of drug-likeness (QED) is 0.603. The van der Waals surface area contributed by atoms with Crippen molar-refractivity contribution in [2.24, 2.45) is 0 Å². The number of benzene rings is 1. The Kier molecular flexibility index (Phi) is 2.75. The minimum atomic E-state index is -0.644. The van der Waals surface area contributed by atoms with Crippen LogP contribution in [0.4, 0.5) is 0 Å². The number of carbonyl (C=O) groups is 1. The van der Waals surface area contributed by atoms with Crippen LogP contribution in [0, 0.1) is 0 Å². The molecular weight excluding hydrogens is 216 g/mol. The molecule has 0 saturated carbocycles. The zero-order valence-corrected chi connectivity index (χ0v) is 9.00. The first-order chi connectivity index (χ1) is 6.83. The molecule has 1 aromatic rings. The van der Waals surface area contributed by atoms with Gasteiger partial charge in [-0.3, -0.25) is 4.79 Å². The SMILES string of the molecule is O=CC1=CC=C[SH]1c1ccccc1Cl. The third kappa shape index (κ3) is 1.63. The highest BCUT2D eigenvalue weighted by atomic mass is 35.5. The molecule has 0 fully saturated rings. The van der Waals surface area contributed by atoms with E-state index in [1.165, 1.54) is 0 Å². The van der Waals surface area contributed by atoms with Gasteiger partial charge < -0.3 is 0 Å². The van der Waals surface area contributed by atoms with Crippen molar-refractivity contribution in [2.45, 2.75) is 4.90 Å². The Morgan fingerprint density at radius 3 is 2.79 bits per heavy atom. The van der Waals surface area contributed by atoms with E-state index in [1.54, 1.807) is 0 Å². The largest absolute Gasteiger partial charge is 0.297 e. The molecule has 1 aliphatic rings. The highest BCUT2D eigenvalue weighted by molar-refractivity contribution is 8.23. The van der Waals surface area contributed by atoms with Gasteiger partial charge in [-0.05, 0) is 23.6 Å². The zero-order chi connectivity index (χ0) is 9.97. The molecule has 0 bridgehead atoms. The third-order valence-corrected chi connectivity index (χ3v) is 4.66. The van der Waals surface area contributed by atoms with Crippen molar-refractivity contribution in [3.8, 4) is 0 Å². The lowest BCUT2D eigenvalue weighted by Crippen LogP contribution is -1.85. The summed E-state index contributed by atoms with van der Waals surface area (Å²) in [6.07, 6.45) is 4.68. The second-order valence-electron chi connectivity index (χ2n) is 2.87. The van der Waals surface area contributed by atoms with Crippen LogP contribution in [0.5, 0.6) is 0 Å². The van der Waals surface area contributed by atoms with Gasteiger partial charge in [0.05, 0.1) is 5.02 Å². The predicted molar refractivity (Wildman–Crippen MR) is 62.0 cm³/mol. The number of hydrogen-bond donors (Lipinski definition) is 1. The number of allylic oxidation sites excluding steroid dienone is 3. The summed E-state index contributed by atoms with van der Waals surface area (Å²) in [5.74, 6) is 0. The Morgan fingerprint density at radius 2 is 2.07 bits per heavy atom. The number of rotatable bonds is 2. The molecule has 14 heavy (non-hydrogen) atoms. The number of halogens is 1. The maximum atomic E-state index is 10.8. The van der Waals surface area contributed by atoms with Crippen molar-refractivity contribution >= 4 is 28.8 Å². The molecule has 1 heterocycles. The van der Waals surface area contributed by atoms with Gasteiger partial charge in [-0.1, -0.05) is 29.8 Å². The van der Waals surface area contributed by atoms with Crippen LogP contribution in [0.1, 0.15) is 0 Å². The van der Waals surface area contributed by atoms with E-state index in [0.717, 1.165) is 21.1 Å². The summed E-state index contributed by atoms with van der Waals surface area (Å²) < 4.78 is 0. The zero-order valence-electron chi connectivity index (χ0n) is 7.35. The van der Waals surface area contributed by atoms with Gasteiger partial charge in [-0.15, -0.1) is 0 Å². The van der Waals surface area contributed by atoms with Gasteiger partial charge in [0.1, 0.15) is 0 Å². The molecule has 0 radical (unpaired) electrons. The van der Waals surface area contributed by atoms with Crippen LogP contribution in [-0.4, -0.2) is 6.29 Å². The summed E-state index contributed by atoms with van der Waals surface area (Å²) in [5, 5.41) is 2.78. The average molecular weight is 225 g/mol. The first kappa shape index (κ1) is 9.56. The first-order valence-corrected chi connectivity index (χ1v) is 5.99. The molecule has 2 rings (SSSR count). The van der Waals surface area contributed by atoms with E-state index in [1.807, 2.05) is 41.8 Å². The van der Waals surface area contributed by atoms with Crippen LogP contribution < -0.4 is 0 Å². The lowest BCUT2D eigenvalue weighted by atomic mass is 10.4. The molecular formula is C11H9ClOS. The molecule has 0 aromatic heterocycles. The Hall–Kier alpha value is -0.990. The molecule has 0 saturated heterocycles. The Morgan fingerprint density at radius 1 is 1.29 bits per heavy atom. The molecule has 0 aliphatic carbocycles. The Bertz CT molecular complexity index is 423. The van der Waals surface area contributed by atoms with E-state index in [-0.39, 0.29) is 0 Å². The van der Waals surface area contributed by atoms with E-state index < -0.39 is 10.9 Å². The Labute approximate surface area is 90.4 Å². The van der Waals surface area contributed by atoms with E-state index in [2.05, 4.69) is 0 Å². The van der Waals surface area contributed by atoms with Gasteiger partial charge in [0.25, 0.3) is 0 Å². The summed E-state index contributed by atoms with van der Waals surface area (Å²) in [7, 11) is -0.644. The molecule has 1 aromatic carbocycles. The lowest BCUT2D eigenvalue weighted by Gasteiger charge is -2.15. The minimum Gasteiger partial charge on any atom is -0.297 e. The maximum Gasteiger partial charge on any atom is 0.155 e. The summed E-state index contributed by atoms with van der Waals surface area (Å²) >= 11 is 6.07. The molecule has 0 amide bonds. The van der Waals surface area contributed by atoms with Crippen molar-refractivity contribution < 1.29 is 4.79 Å².